The molecule has 3 nitrogen and oxygen atoms in total. The van der Waals surface area contributed by atoms with E-state index in [1.165, 1.54) is 0 Å². The Balaban J connectivity index is 2.55. The first kappa shape index (κ1) is 5.28. The molecule has 1 heterocycles. The first-order valence-electron chi connectivity index (χ1n) is 2.45. The number of carboxylic acid groups (broad SMARTS) is 1. The van der Waals surface area contributed by atoms with Gasteiger partial charge in [0.2, 0.25) is 0 Å². The average molecular weight is 113 g/mol. The Morgan fingerprint density at radius 3 is 2.62 bits per heavy atom. The van der Waals surface area contributed by atoms with Crippen LogP contribution < -0.4 is 0 Å². The fourth-order valence-electron chi connectivity index (χ4n) is 0.622. The number of rotatable bonds is 1. The van der Waals surface area contributed by atoms with E-state index in [0.717, 1.165) is 5.71 Å². The Morgan fingerprint density at radius 2 is 2.62 bits per heavy atom. The van der Waals surface area contributed by atoms with Gasteiger partial charge in [-0.2, -0.15) is 0 Å². The molecule has 8 heavy (non-hydrogen) atoms. The van der Waals surface area contributed by atoms with Crippen LogP contribution in [0.15, 0.2) is 4.99 Å². The predicted octanol–water partition coefficient (Wildman–Crippen LogP) is 0.162. The summed E-state index contributed by atoms with van der Waals surface area (Å²) in [7, 11) is 0. The number of carboxylic acids is 1. The third-order valence-corrected chi connectivity index (χ3v) is 1.33. The lowest BCUT2D eigenvalue weighted by molar-refractivity contribution is -0.139. The molecule has 1 aliphatic rings. The summed E-state index contributed by atoms with van der Waals surface area (Å²) in [6.07, 6.45) is 0. The van der Waals surface area contributed by atoms with Crippen molar-refractivity contribution in [3.05, 3.63) is 0 Å². The Labute approximate surface area is 47.0 Å². The highest BCUT2D eigenvalue weighted by Gasteiger charge is 2.26. The lowest BCUT2D eigenvalue weighted by Gasteiger charge is -2.17. The summed E-state index contributed by atoms with van der Waals surface area (Å²) in [4.78, 5) is 13.9. The molecule has 0 radical (unpaired) electrons. The van der Waals surface area contributed by atoms with Crippen molar-refractivity contribution in [2.24, 2.45) is 10.9 Å². The van der Waals surface area contributed by atoms with Gasteiger partial charge in [0.15, 0.2) is 0 Å². The van der Waals surface area contributed by atoms with Gasteiger partial charge < -0.3 is 5.11 Å². The molecule has 1 atom stereocenters. The van der Waals surface area contributed by atoms with E-state index < -0.39 is 5.97 Å². The van der Waals surface area contributed by atoms with Gasteiger partial charge in [0.05, 0.1) is 6.54 Å². The molecule has 0 aliphatic carbocycles. The first-order chi connectivity index (χ1) is 3.72. The van der Waals surface area contributed by atoms with Gasteiger partial charge in [-0.1, -0.05) is 0 Å². The summed E-state index contributed by atoms with van der Waals surface area (Å²) in [5, 5.41) is 8.32. The SMILES string of the molecule is CC1=NCC1C(=O)O. The highest BCUT2D eigenvalue weighted by atomic mass is 16.4. The van der Waals surface area contributed by atoms with Crippen molar-refractivity contribution in [2.45, 2.75) is 6.92 Å². The van der Waals surface area contributed by atoms with Crippen LogP contribution in [-0.2, 0) is 4.79 Å². The summed E-state index contributed by atoms with van der Waals surface area (Å²) in [5.41, 5.74) is 0.748. The molecular formula is C5H7NO2. The molecule has 0 aromatic heterocycles. The highest BCUT2D eigenvalue weighted by Crippen LogP contribution is 2.10. The van der Waals surface area contributed by atoms with E-state index in [1.807, 2.05) is 0 Å². The van der Waals surface area contributed by atoms with E-state index in [2.05, 4.69) is 4.99 Å². The molecule has 3 heteroatoms. The molecule has 1 N–H and O–H groups in total. The first-order valence-corrected chi connectivity index (χ1v) is 2.45. The number of aliphatic carboxylic acids is 1. The van der Waals surface area contributed by atoms with Gasteiger partial charge in [-0.3, -0.25) is 9.79 Å². The molecule has 0 fully saturated rings. The molecule has 0 saturated carbocycles. The maximum atomic E-state index is 10.1. The predicted molar refractivity (Wildman–Crippen MR) is 29.1 cm³/mol. The van der Waals surface area contributed by atoms with Crippen molar-refractivity contribution in [1.29, 1.82) is 0 Å². The molecule has 0 bridgehead atoms. The van der Waals surface area contributed by atoms with E-state index in [1.54, 1.807) is 6.92 Å². The van der Waals surface area contributed by atoms with Crippen molar-refractivity contribution in [3.8, 4) is 0 Å². The molecule has 1 rings (SSSR count). The summed E-state index contributed by atoms with van der Waals surface area (Å²) >= 11 is 0. The Kier molecular flexibility index (Phi) is 1.04. The largest absolute Gasteiger partial charge is 0.481 e. The second-order valence-corrected chi connectivity index (χ2v) is 1.87. The summed E-state index contributed by atoms with van der Waals surface area (Å²) in [5.74, 6) is -1.03. The van der Waals surface area contributed by atoms with Crippen LogP contribution in [0.5, 0.6) is 0 Å². The van der Waals surface area contributed by atoms with Gasteiger partial charge in [-0.25, -0.2) is 0 Å². The molecule has 0 aromatic carbocycles. The zero-order valence-electron chi connectivity index (χ0n) is 4.59. The lowest BCUT2D eigenvalue weighted by Crippen LogP contribution is -2.32. The molecular weight excluding hydrogens is 106 g/mol. The van der Waals surface area contributed by atoms with E-state index in [4.69, 9.17) is 5.11 Å². The number of nitrogens with zero attached hydrogens (tertiary/aromatic N) is 1. The van der Waals surface area contributed by atoms with Crippen LogP contribution in [0.1, 0.15) is 6.92 Å². The standard InChI is InChI=1S/C5H7NO2/c1-3-4(2-6-3)5(7)8/h4H,2H2,1H3,(H,7,8). The van der Waals surface area contributed by atoms with Gasteiger partial charge in [-0.15, -0.1) is 0 Å². The molecule has 0 spiro atoms. The molecule has 0 saturated heterocycles. The van der Waals surface area contributed by atoms with Gasteiger partial charge in [0, 0.05) is 5.71 Å². The molecule has 44 valence electrons. The number of hydrogen-bond acceptors (Lipinski definition) is 2. The fourth-order valence-corrected chi connectivity index (χ4v) is 0.622. The minimum atomic E-state index is -0.752. The second-order valence-electron chi connectivity index (χ2n) is 1.87. The highest BCUT2D eigenvalue weighted by molar-refractivity contribution is 6.03. The Bertz CT molecular complexity index is 151. The quantitative estimate of drug-likeness (QED) is 0.526. The van der Waals surface area contributed by atoms with Crippen molar-refractivity contribution in [1.82, 2.24) is 0 Å². The van der Waals surface area contributed by atoms with Crippen LogP contribution in [0.3, 0.4) is 0 Å². The smallest absolute Gasteiger partial charge is 0.314 e. The van der Waals surface area contributed by atoms with E-state index >= 15 is 0 Å². The van der Waals surface area contributed by atoms with E-state index in [9.17, 15) is 4.79 Å². The van der Waals surface area contributed by atoms with E-state index in [0.29, 0.717) is 6.54 Å². The minimum Gasteiger partial charge on any atom is -0.481 e. The normalized spacial score (nSPS) is 26.1. The molecule has 0 aromatic rings. The Morgan fingerprint density at radius 1 is 2.00 bits per heavy atom. The number of hydrogen-bond donors (Lipinski definition) is 1. The van der Waals surface area contributed by atoms with Gasteiger partial charge >= 0.3 is 5.97 Å². The third kappa shape index (κ3) is 0.598. The minimum absolute atomic E-state index is 0.282. The van der Waals surface area contributed by atoms with Crippen LogP contribution in [0.4, 0.5) is 0 Å². The summed E-state index contributed by atoms with van der Waals surface area (Å²) < 4.78 is 0. The summed E-state index contributed by atoms with van der Waals surface area (Å²) in [6, 6.07) is 0. The second kappa shape index (κ2) is 1.58. The van der Waals surface area contributed by atoms with Crippen LogP contribution >= 0.6 is 0 Å². The topological polar surface area (TPSA) is 49.7 Å². The van der Waals surface area contributed by atoms with Crippen molar-refractivity contribution < 1.29 is 9.90 Å². The molecule has 0 amide bonds. The van der Waals surface area contributed by atoms with Crippen LogP contribution in [0.2, 0.25) is 0 Å². The maximum absolute atomic E-state index is 10.1. The van der Waals surface area contributed by atoms with Gasteiger partial charge in [0.25, 0.3) is 0 Å². The lowest BCUT2D eigenvalue weighted by atomic mass is 10.00. The number of aliphatic imine (C=N–C) groups is 1. The van der Waals surface area contributed by atoms with Crippen molar-refractivity contribution >= 4 is 11.7 Å². The molecule has 1 unspecified atom stereocenters. The van der Waals surface area contributed by atoms with Crippen LogP contribution in [-0.4, -0.2) is 23.3 Å². The number of carbonyl (C=O) groups is 1. The average Bonchev–Trinajstić information content (AvgIpc) is 1.61. The fraction of sp³-hybridized carbons (Fsp3) is 0.600. The molecule has 1 aliphatic heterocycles. The Hall–Kier alpha value is -0.860. The zero-order valence-corrected chi connectivity index (χ0v) is 4.59. The van der Waals surface area contributed by atoms with Crippen LogP contribution in [0, 0.1) is 5.92 Å². The zero-order chi connectivity index (χ0) is 6.15. The van der Waals surface area contributed by atoms with E-state index in [-0.39, 0.29) is 5.92 Å². The third-order valence-electron chi connectivity index (χ3n) is 1.33. The van der Waals surface area contributed by atoms with Gasteiger partial charge in [-0.05, 0) is 6.92 Å². The monoisotopic (exact) mass is 113 g/mol. The maximum Gasteiger partial charge on any atom is 0.314 e. The van der Waals surface area contributed by atoms with Crippen molar-refractivity contribution in [2.75, 3.05) is 6.54 Å². The van der Waals surface area contributed by atoms with Gasteiger partial charge in [0.1, 0.15) is 5.92 Å². The van der Waals surface area contributed by atoms with Crippen molar-refractivity contribution in [3.63, 3.8) is 0 Å². The summed E-state index contributed by atoms with van der Waals surface area (Å²) in [6.45, 7) is 2.21. The van der Waals surface area contributed by atoms with Crippen LogP contribution in [0.25, 0.3) is 0 Å².